The van der Waals surface area contributed by atoms with Gasteiger partial charge >= 0.3 is 0 Å². The fourth-order valence-corrected chi connectivity index (χ4v) is 4.22. The van der Waals surface area contributed by atoms with Gasteiger partial charge in [0.15, 0.2) is 5.16 Å². The van der Waals surface area contributed by atoms with E-state index in [0.29, 0.717) is 0 Å². The molecule has 3 rings (SSSR count). The summed E-state index contributed by atoms with van der Waals surface area (Å²) in [6, 6.07) is 8.73. The number of hydrogen-bond acceptors (Lipinski definition) is 3. The summed E-state index contributed by atoms with van der Waals surface area (Å²) in [5.41, 5.74) is 2.65. The van der Waals surface area contributed by atoms with E-state index in [0.717, 1.165) is 29.1 Å². The average molecular weight is 330 g/mol. The molecule has 0 bridgehead atoms. The third-order valence-corrected chi connectivity index (χ3v) is 6.01. The minimum absolute atomic E-state index is 0.907. The Labute approximate surface area is 143 Å². The molecule has 124 valence electrons. The van der Waals surface area contributed by atoms with Crippen molar-refractivity contribution < 1.29 is 0 Å². The van der Waals surface area contributed by atoms with Crippen LogP contribution >= 0.6 is 11.8 Å². The van der Waals surface area contributed by atoms with Crippen molar-refractivity contribution >= 4 is 11.8 Å². The smallest absolute Gasteiger partial charge is 0.191 e. The van der Waals surface area contributed by atoms with Gasteiger partial charge in [-0.15, -0.1) is 10.2 Å². The van der Waals surface area contributed by atoms with Crippen molar-refractivity contribution in [1.29, 1.82) is 0 Å². The molecule has 0 spiro atoms. The molecule has 2 aromatic rings. The van der Waals surface area contributed by atoms with Crippen molar-refractivity contribution in [2.45, 2.75) is 62.8 Å². The standard InChI is InChI=1S/C19H27N3S/c1-15-8-10-17(11-9-15)14-23-19-21-20-18(22(19)2)13-12-16-6-4-3-5-7-16/h8-11,16H,3-7,12-14H2,1-2H3. The van der Waals surface area contributed by atoms with Crippen LogP contribution in [-0.4, -0.2) is 14.8 Å². The van der Waals surface area contributed by atoms with Crippen molar-refractivity contribution in [3.63, 3.8) is 0 Å². The van der Waals surface area contributed by atoms with Gasteiger partial charge in [-0.25, -0.2) is 0 Å². The first-order valence-electron chi connectivity index (χ1n) is 8.79. The van der Waals surface area contributed by atoms with Gasteiger partial charge in [0.25, 0.3) is 0 Å². The van der Waals surface area contributed by atoms with Crippen LogP contribution in [0.15, 0.2) is 29.4 Å². The molecular formula is C19H27N3S. The first kappa shape index (κ1) is 16.6. The lowest BCUT2D eigenvalue weighted by atomic mass is 9.86. The number of thioether (sulfide) groups is 1. The van der Waals surface area contributed by atoms with Crippen LogP contribution in [0.4, 0.5) is 0 Å². The highest BCUT2D eigenvalue weighted by Crippen LogP contribution is 2.28. The van der Waals surface area contributed by atoms with Gasteiger partial charge in [0, 0.05) is 19.2 Å². The van der Waals surface area contributed by atoms with E-state index in [2.05, 4.69) is 53.0 Å². The summed E-state index contributed by atoms with van der Waals surface area (Å²) < 4.78 is 2.18. The average Bonchev–Trinajstić information content (AvgIpc) is 2.93. The number of aromatic nitrogens is 3. The largest absolute Gasteiger partial charge is 0.309 e. The molecule has 0 atom stereocenters. The highest BCUT2D eigenvalue weighted by Gasteiger charge is 2.15. The second kappa shape index (κ2) is 8.00. The van der Waals surface area contributed by atoms with Crippen LogP contribution in [0.5, 0.6) is 0 Å². The Morgan fingerprint density at radius 1 is 1.09 bits per heavy atom. The molecule has 1 aliphatic carbocycles. The van der Waals surface area contributed by atoms with Gasteiger partial charge in [-0.2, -0.15) is 0 Å². The normalized spacial score (nSPS) is 15.9. The predicted molar refractivity (Wildman–Crippen MR) is 96.6 cm³/mol. The fourth-order valence-electron chi connectivity index (χ4n) is 3.33. The van der Waals surface area contributed by atoms with Gasteiger partial charge in [0.05, 0.1) is 0 Å². The molecule has 0 saturated heterocycles. The lowest BCUT2D eigenvalue weighted by Gasteiger charge is -2.20. The van der Waals surface area contributed by atoms with Crippen molar-refractivity contribution in [2.24, 2.45) is 13.0 Å². The van der Waals surface area contributed by atoms with E-state index in [9.17, 15) is 0 Å². The Kier molecular flexibility index (Phi) is 5.76. The van der Waals surface area contributed by atoms with E-state index in [4.69, 9.17) is 0 Å². The van der Waals surface area contributed by atoms with Gasteiger partial charge in [-0.1, -0.05) is 73.7 Å². The van der Waals surface area contributed by atoms with Crippen molar-refractivity contribution in [3.8, 4) is 0 Å². The third-order valence-electron chi connectivity index (χ3n) is 4.91. The molecule has 1 aromatic carbocycles. The molecule has 1 heterocycles. The van der Waals surface area contributed by atoms with Gasteiger partial charge in [0.2, 0.25) is 0 Å². The first-order chi connectivity index (χ1) is 11.2. The van der Waals surface area contributed by atoms with E-state index in [1.807, 2.05) is 0 Å². The van der Waals surface area contributed by atoms with Gasteiger partial charge < -0.3 is 4.57 Å². The van der Waals surface area contributed by atoms with Crippen LogP contribution in [0.3, 0.4) is 0 Å². The Morgan fingerprint density at radius 2 is 1.83 bits per heavy atom. The van der Waals surface area contributed by atoms with E-state index in [1.54, 1.807) is 11.8 Å². The van der Waals surface area contributed by atoms with Crippen LogP contribution < -0.4 is 0 Å². The molecule has 1 aliphatic rings. The SMILES string of the molecule is Cc1ccc(CSc2nnc(CCC3CCCCC3)n2C)cc1. The van der Waals surface area contributed by atoms with Crippen LogP contribution in [-0.2, 0) is 19.2 Å². The third kappa shape index (κ3) is 4.60. The monoisotopic (exact) mass is 329 g/mol. The molecule has 1 fully saturated rings. The van der Waals surface area contributed by atoms with Crippen LogP contribution in [0.25, 0.3) is 0 Å². The Morgan fingerprint density at radius 3 is 2.57 bits per heavy atom. The molecule has 0 unspecified atom stereocenters. The van der Waals surface area contributed by atoms with Crippen LogP contribution in [0.2, 0.25) is 0 Å². The van der Waals surface area contributed by atoms with Crippen molar-refractivity contribution in [3.05, 3.63) is 41.2 Å². The van der Waals surface area contributed by atoms with E-state index in [-0.39, 0.29) is 0 Å². The summed E-state index contributed by atoms with van der Waals surface area (Å²) in [6.45, 7) is 2.12. The Balaban J connectivity index is 1.52. The first-order valence-corrected chi connectivity index (χ1v) is 9.77. The highest BCUT2D eigenvalue weighted by molar-refractivity contribution is 7.98. The van der Waals surface area contributed by atoms with Crippen LogP contribution in [0, 0.1) is 12.8 Å². The fraction of sp³-hybridized carbons (Fsp3) is 0.579. The molecule has 0 amide bonds. The second-order valence-electron chi connectivity index (χ2n) is 6.77. The topological polar surface area (TPSA) is 30.7 Å². The van der Waals surface area contributed by atoms with Gasteiger partial charge in [-0.05, 0) is 24.8 Å². The predicted octanol–water partition coefficient (Wildman–Crippen LogP) is 4.93. The maximum absolute atomic E-state index is 4.42. The van der Waals surface area contributed by atoms with E-state index in [1.165, 1.54) is 49.7 Å². The number of nitrogens with zero attached hydrogens (tertiary/aromatic N) is 3. The Bertz CT molecular complexity index is 612. The molecular weight excluding hydrogens is 302 g/mol. The number of benzene rings is 1. The quantitative estimate of drug-likeness (QED) is 0.704. The summed E-state index contributed by atoms with van der Waals surface area (Å²) >= 11 is 1.78. The minimum atomic E-state index is 0.907. The minimum Gasteiger partial charge on any atom is -0.309 e. The molecule has 23 heavy (non-hydrogen) atoms. The summed E-state index contributed by atoms with van der Waals surface area (Å²) in [5.74, 6) is 3.00. The maximum Gasteiger partial charge on any atom is 0.191 e. The lowest BCUT2D eigenvalue weighted by molar-refractivity contribution is 0.336. The highest BCUT2D eigenvalue weighted by atomic mass is 32.2. The summed E-state index contributed by atoms with van der Waals surface area (Å²) in [7, 11) is 2.10. The van der Waals surface area contributed by atoms with Crippen molar-refractivity contribution in [2.75, 3.05) is 0 Å². The van der Waals surface area contributed by atoms with Crippen LogP contribution in [0.1, 0.15) is 55.5 Å². The summed E-state index contributed by atoms with van der Waals surface area (Å²) in [4.78, 5) is 0. The molecule has 1 saturated carbocycles. The summed E-state index contributed by atoms with van der Waals surface area (Å²) in [6.07, 6.45) is 9.43. The Hall–Kier alpha value is -1.29. The maximum atomic E-state index is 4.42. The van der Waals surface area contributed by atoms with Crippen molar-refractivity contribution in [1.82, 2.24) is 14.8 Å². The molecule has 3 nitrogen and oxygen atoms in total. The summed E-state index contributed by atoms with van der Waals surface area (Å²) in [5, 5.41) is 9.84. The second-order valence-corrected chi connectivity index (χ2v) is 7.72. The van der Waals surface area contributed by atoms with E-state index >= 15 is 0 Å². The molecule has 1 aromatic heterocycles. The molecule has 4 heteroatoms. The lowest BCUT2D eigenvalue weighted by Crippen LogP contribution is -2.09. The van der Waals surface area contributed by atoms with E-state index < -0.39 is 0 Å². The zero-order chi connectivity index (χ0) is 16.1. The number of aryl methyl sites for hydroxylation is 2. The molecule has 0 N–H and O–H groups in total. The number of rotatable bonds is 6. The zero-order valence-corrected chi connectivity index (χ0v) is 15.1. The van der Waals surface area contributed by atoms with Gasteiger partial charge in [0.1, 0.15) is 5.82 Å². The molecule has 0 aliphatic heterocycles. The zero-order valence-electron chi connectivity index (χ0n) is 14.3. The van der Waals surface area contributed by atoms with Gasteiger partial charge in [-0.3, -0.25) is 0 Å². The molecule has 0 radical (unpaired) electrons. The number of hydrogen-bond donors (Lipinski definition) is 0.